The smallest absolute Gasteiger partial charge is 0.314 e. The van der Waals surface area contributed by atoms with Gasteiger partial charge in [-0.15, -0.1) is 0 Å². The Kier molecular flexibility index (Phi) is 7.26. The van der Waals surface area contributed by atoms with E-state index >= 15 is 0 Å². The minimum Gasteiger partial charge on any atom is -0.396 e. The third-order valence-corrected chi connectivity index (χ3v) is 5.17. The molecule has 0 aliphatic carbocycles. The summed E-state index contributed by atoms with van der Waals surface area (Å²) in [6, 6.07) is 10.3. The molecule has 0 atom stereocenters. The predicted molar refractivity (Wildman–Crippen MR) is 99.7 cm³/mol. The molecule has 25 heavy (non-hydrogen) atoms. The number of aliphatic hydroxyl groups is 1. The van der Waals surface area contributed by atoms with Gasteiger partial charge in [0.15, 0.2) is 0 Å². The van der Waals surface area contributed by atoms with Crippen LogP contribution in [-0.2, 0) is 10.2 Å². The zero-order chi connectivity index (χ0) is 18.2. The summed E-state index contributed by atoms with van der Waals surface area (Å²) in [5.74, 6) is 0. The SMILES string of the molecule is CC(C)(CO)CCCNC(=O)NCC1(c2ccccc2)CCOCC1. The average molecular weight is 348 g/mol. The van der Waals surface area contributed by atoms with E-state index in [4.69, 9.17) is 4.74 Å². The molecule has 0 unspecified atom stereocenters. The van der Waals surface area contributed by atoms with E-state index < -0.39 is 0 Å². The van der Waals surface area contributed by atoms with Crippen molar-refractivity contribution in [1.82, 2.24) is 10.6 Å². The van der Waals surface area contributed by atoms with Crippen LogP contribution in [0.4, 0.5) is 4.79 Å². The van der Waals surface area contributed by atoms with Crippen LogP contribution in [0.1, 0.15) is 45.1 Å². The third-order valence-electron chi connectivity index (χ3n) is 5.17. The molecule has 140 valence electrons. The number of ether oxygens (including phenoxy) is 1. The van der Waals surface area contributed by atoms with E-state index in [1.165, 1.54) is 5.56 Å². The quantitative estimate of drug-likeness (QED) is 0.633. The first kappa shape index (κ1) is 19.7. The van der Waals surface area contributed by atoms with Crippen LogP contribution < -0.4 is 10.6 Å². The first-order valence-corrected chi connectivity index (χ1v) is 9.23. The molecule has 0 bridgehead atoms. The summed E-state index contributed by atoms with van der Waals surface area (Å²) in [5, 5.41) is 15.2. The molecule has 3 N–H and O–H groups in total. The maximum absolute atomic E-state index is 12.2. The van der Waals surface area contributed by atoms with Crippen molar-refractivity contribution < 1.29 is 14.6 Å². The van der Waals surface area contributed by atoms with Crippen LogP contribution in [0.25, 0.3) is 0 Å². The number of aliphatic hydroxyl groups excluding tert-OH is 1. The summed E-state index contributed by atoms with van der Waals surface area (Å²) in [7, 11) is 0. The Balaban J connectivity index is 1.81. The van der Waals surface area contributed by atoms with E-state index in [9.17, 15) is 9.90 Å². The van der Waals surface area contributed by atoms with Gasteiger partial charge in [-0.25, -0.2) is 4.79 Å². The summed E-state index contributed by atoms with van der Waals surface area (Å²) in [5.41, 5.74) is 1.14. The van der Waals surface area contributed by atoms with Gasteiger partial charge in [-0.2, -0.15) is 0 Å². The molecule has 1 aliphatic rings. The lowest BCUT2D eigenvalue weighted by Crippen LogP contribution is -2.47. The number of amides is 2. The highest BCUT2D eigenvalue weighted by atomic mass is 16.5. The van der Waals surface area contributed by atoms with Gasteiger partial charge in [0, 0.05) is 38.3 Å². The molecule has 1 aromatic carbocycles. The van der Waals surface area contributed by atoms with Gasteiger partial charge in [-0.1, -0.05) is 44.2 Å². The van der Waals surface area contributed by atoms with Gasteiger partial charge in [-0.3, -0.25) is 0 Å². The number of benzene rings is 1. The highest BCUT2D eigenvalue weighted by Crippen LogP contribution is 2.34. The summed E-state index contributed by atoms with van der Waals surface area (Å²) < 4.78 is 5.53. The molecule has 1 aliphatic heterocycles. The number of rotatable bonds is 8. The first-order chi connectivity index (χ1) is 12.0. The summed E-state index contributed by atoms with van der Waals surface area (Å²) in [6.45, 7) is 6.93. The number of urea groups is 1. The Morgan fingerprint density at radius 2 is 1.88 bits per heavy atom. The molecule has 5 heteroatoms. The highest BCUT2D eigenvalue weighted by Gasteiger charge is 2.34. The van der Waals surface area contributed by atoms with Gasteiger partial charge in [0.1, 0.15) is 0 Å². The number of hydrogen-bond acceptors (Lipinski definition) is 3. The lowest BCUT2D eigenvalue weighted by molar-refractivity contribution is 0.0507. The molecule has 5 nitrogen and oxygen atoms in total. The van der Waals surface area contributed by atoms with E-state index in [1.807, 2.05) is 19.9 Å². The molecule has 0 aromatic heterocycles. The number of hydrogen-bond donors (Lipinski definition) is 3. The Labute approximate surface area is 151 Å². The van der Waals surface area contributed by atoms with Gasteiger partial charge in [-0.05, 0) is 36.7 Å². The third kappa shape index (κ3) is 6.01. The second kappa shape index (κ2) is 9.20. The van der Waals surface area contributed by atoms with Gasteiger partial charge < -0.3 is 20.5 Å². The van der Waals surface area contributed by atoms with Crippen molar-refractivity contribution in [1.29, 1.82) is 0 Å². The lowest BCUT2D eigenvalue weighted by atomic mass is 9.74. The van der Waals surface area contributed by atoms with Crippen LogP contribution in [0.15, 0.2) is 30.3 Å². The van der Waals surface area contributed by atoms with E-state index in [2.05, 4.69) is 34.9 Å². The Bertz CT molecular complexity index is 525. The van der Waals surface area contributed by atoms with Gasteiger partial charge >= 0.3 is 6.03 Å². The molecular weight excluding hydrogens is 316 g/mol. The van der Waals surface area contributed by atoms with Crippen molar-refractivity contribution >= 4 is 6.03 Å². The summed E-state index contributed by atoms with van der Waals surface area (Å²) >= 11 is 0. The molecule has 2 rings (SSSR count). The maximum atomic E-state index is 12.2. The van der Waals surface area contributed by atoms with E-state index in [-0.39, 0.29) is 23.5 Å². The topological polar surface area (TPSA) is 70.6 Å². The number of carbonyl (C=O) groups excluding carboxylic acids is 1. The zero-order valence-corrected chi connectivity index (χ0v) is 15.5. The zero-order valence-electron chi connectivity index (χ0n) is 15.5. The molecule has 2 amide bonds. The van der Waals surface area contributed by atoms with Gasteiger partial charge in [0.2, 0.25) is 0 Å². The van der Waals surface area contributed by atoms with Crippen LogP contribution in [0.5, 0.6) is 0 Å². The van der Waals surface area contributed by atoms with Crippen molar-refractivity contribution in [3.8, 4) is 0 Å². The molecule has 0 saturated carbocycles. The number of carbonyl (C=O) groups is 1. The Hall–Kier alpha value is -1.59. The van der Waals surface area contributed by atoms with Crippen LogP contribution >= 0.6 is 0 Å². The highest BCUT2D eigenvalue weighted by molar-refractivity contribution is 5.73. The monoisotopic (exact) mass is 348 g/mol. The van der Waals surface area contributed by atoms with Crippen molar-refractivity contribution in [3.05, 3.63) is 35.9 Å². The molecular formula is C20H32N2O3. The minimum absolute atomic E-state index is 0.0459. The lowest BCUT2D eigenvalue weighted by Gasteiger charge is -2.38. The standard InChI is InChI=1S/C20H32N2O3/c1-19(2,16-23)9-6-12-21-18(24)22-15-20(10-13-25-14-11-20)17-7-4-3-5-8-17/h3-5,7-8,23H,6,9-16H2,1-2H3,(H2,21,22,24). The molecule has 1 saturated heterocycles. The largest absolute Gasteiger partial charge is 0.396 e. The van der Waals surface area contributed by atoms with Crippen molar-refractivity contribution in [2.75, 3.05) is 32.9 Å². The normalized spacial score (nSPS) is 17.1. The second-order valence-electron chi connectivity index (χ2n) is 7.79. The average Bonchev–Trinajstić information content (AvgIpc) is 2.65. The minimum atomic E-state index is -0.122. The fourth-order valence-electron chi connectivity index (χ4n) is 3.28. The van der Waals surface area contributed by atoms with Crippen LogP contribution in [0, 0.1) is 5.41 Å². The molecule has 1 heterocycles. The first-order valence-electron chi connectivity index (χ1n) is 9.23. The molecule has 0 radical (unpaired) electrons. The summed E-state index contributed by atoms with van der Waals surface area (Å²) in [4.78, 5) is 12.2. The fraction of sp³-hybridized carbons (Fsp3) is 0.650. The van der Waals surface area contributed by atoms with Gasteiger partial charge in [0.25, 0.3) is 0 Å². The molecule has 1 fully saturated rings. The van der Waals surface area contributed by atoms with E-state index in [0.717, 1.165) is 38.9 Å². The second-order valence-corrected chi connectivity index (χ2v) is 7.79. The predicted octanol–water partition coefficient (Wildman–Crippen LogP) is 2.83. The Morgan fingerprint density at radius 3 is 2.52 bits per heavy atom. The van der Waals surface area contributed by atoms with Gasteiger partial charge in [0.05, 0.1) is 0 Å². The maximum Gasteiger partial charge on any atom is 0.314 e. The molecule has 1 aromatic rings. The van der Waals surface area contributed by atoms with Crippen molar-refractivity contribution in [2.45, 2.75) is 44.9 Å². The molecule has 0 spiro atoms. The van der Waals surface area contributed by atoms with Crippen molar-refractivity contribution in [3.63, 3.8) is 0 Å². The Morgan fingerprint density at radius 1 is 1.20 bits per heavy atom. The van der Waals surface area contributed by atoms with Crippen molar-refractivity contribution in [2.24, 2.45) is 5.41 Å². The van der Waals surface area contributed by atoms with Crippen LogP contribution in [0.3, 0.4) is 0 Å². The van der Waals surface area contributed by atoms with Crippen LogP contribution in [0.2, 0.25) is 0 Å². The van der Waals surface area contributed by atoms with E-state index in [1.54, 1.807) is 0 Å². The summed E-state index contributed by atoms with van der Waals surface area (Å²) in [6.07, 6.45) is 3.58. The van der Waals surface area contributed by atoms with Crippen LogP contribution in [-0.4, -0.2) is 44.0 Å². The fourth-order valence-corrected chi connectivity index (χ4v) is 3.28. The van der Waals surface area contributed by atoms with E-state index in [0.29, 0.717) is 13.1 Å². The number of nitrogens with one attached hydrogen (secondary N) is 2.